The molecule has 7 nitrogen and oxygen atoms in total. The molecule has 2 aromatic heterocycles. The third-order valence-electron chi connectivity index (χ3n) is 6.57. The zero-order valence-electron chi connectivity index (χ0n) is 15.3. The molecule has 3 aromatic rings. The van der Waals surface area contributed by atoms with Gasteiger partial charge in [-0.25, -0.2) is 9.55 Å². The third-order valence-corrected chi connectivity index (χ3v) is 6.57. The van der Waals surface area contributed by atoms with E-state index in [1.165, 1.54) is 10.8 Å². The molecular weight excluding hydrogens is 358 g/mol. The van der Waals surface area contributed by atoms with E-state index in [1.807, 2.05) is 32.0 Å². The topological polar surface area (TPSA) is 104 Å². The minimum absolute atomic E-state index is 0.0660. The average molecular weight is 375 g/mol. The molecule has 6 rings (SSSR count). The predicted molar refractivity (Wildman–Crippen MR) is 98.2 cm³/mol. The van der Waals surface area contributed by atoms with Crippen LogP contribution in [0.25, 0.3) is 16.5 Å². The number of nitrogens with zero attached hydrogens (tertiary/aromatic N) is 3. The Morgan fingerprint density at radius 2 is 1.89 bits per heavy atom. The second kappa shape index (κ2) is 4.66. The first-order valence-corrected chi connectivity index (χ1v) is 9.29. The van der Waals surface area contributed by atoms with E-state index >= 15 is 0 Å². The van der Waals surface area contributed by atoms with Crippen LogP contribution < -0.4 is 0 Å². The van der Waals surface area contributed by atoms with Gasteiger partial charge in [-0.1, -0.05) is 31.2 Å². The summed E-state index contributed by atoms with van der Waals surface area (Å²) in [4.78, 5) is 4.24. The number of aromatic nitrogens is 2. The lowest BCUT2D eigenvalue weighted by molar-refractivity contribution is -0.143. The monoisotopic (exact) mass is 375 g/mol. The zero-order valence-corrected chi connectivity index (χ0v) is 15.3. The number of rotatable bonds is 2. The molecule has 0 radical (unpaired) electrons. The summed E-state index contributed by atoms with van der Waals surface area (Å²) in [5, 5.41) is 33.1. The third kappa shape index (κ3) is 1.49. The molecule has 140 valence electrons. The Bertz CT molecular complexity index is 1240. The van der Waals surface area contributed by atoms with Gasteiger partial charge >= 0.3 is 0 Å². The van der Waals surface area contributed by atoms with Gasteiger partial charge < -0.3 is 19.7 Å². The van der Waals surface area contributed by atoms with Gasteiger partial charge in [0.15, 0.2) is 0 Å². The maximum absolute atomic E-state index is 11.2. The van der Waals surface area contributed by atoms with Crippen molar-refractivity contribution in [3.63, 3.8) is 0 Å². The van der Waals surface area contributed by atoms with Gasteiger partial charge in [0.25, 0.3) is 0 Å². The van der Waals surface area contributed by atoms with Crippen LogP contribution in [0.2, 0.25) is 0 Å². The smallest absolute Gasteiger partial charge is 0.205 e. The van der Waals surface area contributed by atoms with Crippen molar-refractivity contribution in [1.82, 2.24) is 9.55 Å². The lowest BCUT2D eigenvalue weighted by atomic mass is 9.78. The fourth-order valence-corrected chi connectivity index (χ4v) is 5.31. The first-order valence-electron chi connectivity index (χ1n) is 9.29. The van der Waals surface area contributed by atoms with Crippen molar-refractivity contribution in [2.24, 2.45) is 0 Å². The van der Waals surface area contributed by atoms with Gasteiger partial charge in [0.05, 0.1) is 23.0 Å². The minimum Gasteiger partial charge on any atom is -0.494 e. The standard InChI is InChI=1S/C21H17N3O4/c1-3-21-15-14(20(2,28-21)16-17(21)27-16)18(25)24(19(15)26)13-9-23-12(8-22)10-6-4-5-7-11(10)13/h4-7,9,16-17,25-26H,3H2,1-2H3/t16-,17+,20?,21?/m1/s1. The van der Waals surface area contributed by atoms with Gasteiger partial charge in [0, 0.05) is 10.8 Å². The number of pyridine rings is 1. The van der Waals surface area contributed by atoms with Crippen molar-refractivity contribution in [2.45, 2.75) is 43.7 Å². The molecule has 2 unspecified atom stereocenters. The Morgan fingerprint density at radius 1 is 1.18 bits per heavy atom. The van der Waals surface area contributed by atoms with E-state index in [1.54, 1.807) is 6.07 Å². The highest BCUT2D eigenvalue weighted by molar-refractivity contribution is 5.93. The summed E-state index contributed by atoms with van der Waals surface area (Å²) in [7, 11) is 0. The van der Waals surface area contributed by atoms with Crippen LogP contribution in [0.3, 0.4) is 0 Å². The van der Waals surface area contributed by atoms with E-state index < -0.39 is 11.2 Å². The van der Waals surface area contributed by atoms with Crippen molar-refractivity contribution in [2.75, 3.05) is 0 Å². The van der Waals surface area contributed by atoms with Crippen LogP contribution in [-0.2, 0) is 20.7 Å². The summed E-state index contributed by atoms with van der Waals surface area (Å²) in [5.41, 5.74) is 0.452. The van der Waals surface area contributed by atoms with Gasteiger partial charge in [-0.2, -0.15) is 5.26 Å². The van der Waals surface area contributed by atoms with Crippen molar-refractivity contribution in [1.29, 1.82) is 5.26 Å². The van der Waals surface area contributed by atoms with Gasteiger partial charge in [0.2, 0.25) is 11.8 Å². The summed E-state index contributed by atoms with van der Waals surface area (Å²) in [6.45, 7) is 3.89. The van der Waals surface area contributed by atoms with E-state index in [0.717, 1.165) is 5.39 Å². The Labute approximate surface area is 160 Å². The lowest BCUT2D eigenvalue weighted by Crippen LogP contribution is -2.29. The molecule has 4 atom stereocenters. The van der Waals surface area contributed by atoms with Gasteiger partial charge in [-0.15, -0.1) is 0 Å². The second-order valence-corrected chi connectivity index (χ2v) is 7.81. The van der Waals surface area contributed by atoms with E-state index in [0.29, 0.717) is 34.3 Å². The molecule has 1 aromatic carbocycles. The summed E-state index contributed by atoms with van der Waals surface area (Å²) in [6, 6.07) is 9.42. The van der Waals surface area contributed by atoms with Crippen LogP contribution in [0.5, 0.6) is 11.8 Å². The number of nitriles is 1. The van der Waals surface area contributed by atoms with Crippen molar-refractivity contribution >= 4 is 10.8 Å². The van der Waals surface area contributed by atoms with E-state index in [4.69, 9.17) is 9.47 Å². The molecule has 2 saturated heterocycles. The van der Waals surface area contributed by atoms with E-state index in [9.17, 15) is 15.5 Å². The molecule has 0 amide bonds. The highest BCUT2D eigenvalue weighted by Gasteiger charge is 2.79. The summed E-state index contributed by atoms with van der Waals surface area (Å²) in [5.74, 6) is -0.139. The molecule has 0 spiro atoms. The summed E-state index contributed by atoms with van der Waals surface area (Å²) in [6.07, 6.45) is 1.92. The Morgan fingerprint density at radius 3 is 2.61 bits per heavy atom. The van der Waals surface area contributed by atoms with Gasteiger partial charge in [-0.05, 0) is 13.3 Å². The number of ether oxygens (including phenoxy) is 2. The van der Waals surface area contributed by atoms with Crippen LogP contribution in [-0.4, -0.2) is 32.0 Å². The average Bonchev–Trinajstić information content (AvgIpc) is 3.36. The van der Waals surface area contributed by atoms with E-state index in [-0.39, 0.29) is 24.0 Å². The Balaban J connectivity index is 1.68. The second-order valence-electron chi connectivity index (χ2n) is 7.81. The molecule has 2 fully saturated rings. The summed E-state index contributed by atoms with van der Waals surface area (Å²) >= 11 is 0. The predicted octanol–water partition coefficient (Wildman–Crippen LogP) is 2.94. The first kappa shape index (κ1) is 15.9. The van der Waals surface area contributed by atoms with Crippen LogP contribution in [0, 0.1) is 11.3 Å². The maximum atomic E-state index is 11.2. The molecule has 28 heavy (non-hydrogen) atoms. The van der Waals surface area contributed by atoms with Crippen molar-refractivity contribution < 1.29 is 19.7 Å². The number of hydrogen-bond acceptors (Lipinski definition) is 6. The summed E-state index contributed by atoms with van der Waals surface area (Å²) < 4.78 is 13.6. The molecule has 2 N–H and O–H groups in total. The molecular formula is C21H17N3O4. The van der Waals surface area contributed by atoms with Crippen molar-refractivity contribution in [3.05, 3.63) is 47.3 Å². The number of aromatic hydroxyl groups is 2. The molecule has 7 heteroatoms. The molecule has 3 aliphatic heterocycles. The largest absolute Gasteiger partial charge is 0.494 e. The Hall–Kier alpha value is -3.08. The molecule has 0 aliphatic carbocycles. The number of epoxide rings is 1. The number of fused-ring (bicyclic) bond motifs is 9. The number of hydrogen-bond donors (Lipinski definition) is 2. The molecule has 0 saturated carbocycles. The van der Waals surface area contributed by atoms with Gasteiger partial charge in [0.1, 0.15) is 35.2 Å². The van der Waals surface area contributed by atoms with Crippen LogP contribution in [0.4, 0.5) is 0 Å². The van der Waals surface area contributed by atoms with Crippen LogP contribution >= 0.6 is 0 Å². The normalized spacial score (nSPS) is 31.6. The molecule has 2 bridgehead atoms. The first-order chi connectivity index (χ1) is 13.5. The van der Waals surface area contributed by atoms with Crippen molar-refractivity contribution in [3.8, 4) is 23.5 Å². The molecule has 5 heterocycles. The quantitative estimate of drug-likeness (QED) is 0.668. The Kier molecular flexibility index (Phi) is 2.65. The van der Waals surface area contributed by atoms with E-state index in [2.05, 4.69) is 11.1 Å². The lowest BCUT2D eigenvalue weighted by Gasteiger charge is -2.27. The fourth-order valence-electron chi connectivity index (χ4n) is 5.31. The minimum atomic E-state index is -0.793. The maximum Gasteiger partial charge on any atom is 0.205 e. The number of benzene rings is 1. The highest BCUT2D eigenvalue weighted by Crippen LogP contribution is 2.72. The van der Waals surface area contributed by atoms with Crippen LogP contribution in [0.15, 0.2) is 30.5 Å². The fraction of sp³-hybridized carbons (Fsp3) is 0.333. The van der Waals surface area contributed by atoms with Gasteiger partial charge in [-0.3, -0.25) is 0 Å². The van der Waals surface area contributed by atoms with Crippen LogP contribution in [0.1, 0.15) is 37.1 Å². The highest BCUT2D eigenvalue weighted by atomic mass is 16.7. The molecule has 3 aliphatic rings. The SMILES string of the molecule is CCC12OC(C)(c3c1c(O)n(-c1cnc(C#N)c4ccccc14)c3O)[C@@H]1O[C@@H]12. The zero-order chi connectivity index (χ0) is 19.4.